The van der Waals surface area contributed by atoms with E-state index in [2.05, 4.69) is 21.3 Å². The van der Waals surface area contributed by atoms with Crippen LogP contribution >= 0.6 is 11.6 Å². The predicted octanol–water partition coefficient (Wildman–Crippen LogP) is 0.587. The maximum atomic E-state index is 13.4. The summed E-state index contributed by atoms with van der Waals surface area (Å²) in [5.74, 6) is -1.75. The van der Waals surface area contributed by atoms with Crippen molar-refractivity contribution in [2.75, 3.05) is 31.8 Å². The number of benzene rings is 1. The van der Waals surface area contributed by atoms with Crippen LogP contribution in [0.15, 0.2) is 29.6 Å². The first-order chi connectivity index (χ1) is 15.3. The molecule has 0 bridgehead atoms. The molecular formula is C21H27ClFN5O4. The topological polar surface area (TPSA) is 123 Å². The van der Waals surface area contributed by atoms with Gasteiger partial charge in [-0.25, -0.2) is 4.39 Å². The number of nitrogens with one attached hydrogen (secondary N) is 4. The van der Waals surface area contributed by atoms with E-state index in [1.165, 1.54) is 24.1 Å². The van der Waals surface area contributed by atoms with Crippen LogP contribution in [0.5, 0.6) is 0 Å². The van der Waals surface area contributed by atoms with Crippen LogP contribution in [0.1, 0.15) is 25.7 Å². The van der Waals surface area contributed by atoms with Crippen molar-refractivity contribution >= 4 is 35.0 Å². The summed E-state index contributed by atoms with van der Waals surface area (Å²) in [6, 6.07) is 3.65. The lowest BCUT2D eigenvalue weighted by Gasteiger charge is -2.32. The van der Waals surface area contributed by atoms with E-state index in [0.717, 1.165) is 6.07 Å². The van der Waals surface area contributed by atoms with E-state index < -0.39 is 5.82 Å². The first-order valence-corrected chi connectivity index (χ1v) is 10.9. The molecule has 0 spiro atoms. The number of carbonyl (C=O) groups is 3. The summed E-state index contributed by atoms with van der Waals surface area (Å²) in [7, 11) is 1.49. The van der Waals surface area contributed by atoms with Gasteiger partial charge >= 0.3 is 0 Å². The fourth-order valence-corrected chi connectivity index (χ4v) is 4.29. The Morgan fingerprint density at radius 2 is 1.81 bits per heavy atom. The molecule has 0 aromatic heterocycles. The van der Waals surface area contributed by atoms with Gasteiger partial charge in [0.25, 0.3) is 11.8 Å². The second-order valence-electron chi connectivity index (χ2n) is 7.69. The van der Waals surface area contributed by atoms with Crippen molar-refractivity contribution in [3.8, 4) is 0 Å². The SMILES string of the molecule is CNC(=O)C1=C(C(=O)N[C@H]2CC[C@H](C(=O)N(CCO)c3ccc(F)cc3Cl)CC2)NCN1. The molecule has 2 aliphatic rings. The fourth-order valence-electron chi connectivity index (χ4n) is 4.02. The standard InChI is InChI=1S/C21H27ClFN5O4/c1-24-19(30)17-18(26-11-25-17)20(31)27-14-5-2-12(3-6-14)21(32)28(8-9-29)16-7-4-13(23)10-15(16)22/h4,7,10,12,14,25-26,29H,2-3,5-6,8-9,11H2,1H3,(H,24,30)(H,27,31)/t12-,14-. The Bertz CT molecular complexity index is 917. The summed E-state index contributed by atoms with van der Waals surface area (Å²) in [4.78, 5) is 39.0. The van der Waals surface area contributed by atoms with Gasteiger partial charge in [0.05, 0.1) is 24.0 Å². The van der Waals surface area contributed by atoms with E-state index in [-0.39, 0.29) is 59.2 Å². The third-order valence-corrected chi connectivity index (χ3v) is 5.97. The lowest BCUT2D eigenvalue weighted by Crippen LogP contribution is -2.44. The molecule has 1 aromatic carbocycles. The Balaban J connectivity index is 1.61. The molecule has 1 saturated carbocycles. The number of hydrogen-bond donors (Lipinski definition) is 5. The second-order valence-corrected chi connectivity index (χ2v) is 8.10. The average molecular weight is 468 g/mol. The molecular weight excluding hydrogens is 441 g/mol. The van der Waals surface area contributed by atoms with Crippen LogP contribution in [0.3, 0.4) is 0 Å². The third kappa shape index (κ3) is 5.31. The quantitative estimate of drug-likeness (QED) is 0.400. The van der Waals surface area contributed by atoms with E-state index in [0.29, 0.717) is 38.0 Å². The maximum absolute atomic E-state index is 13.4. The van der Waals surface area contributed by atoms with Crippen LogP contribution in [-0.2, 0) is 14.4 Å². The number of anilines is 1. The molecule has 0 radical (unpaired) electrons. The second kappa shape index (κ2) is 10.6. The lowest BCUT2D eigenvalue weighted by atomic mass is 9.85. The normalized spacial score (nSPS) is 20.2. The van der Waals surface area contributed by atoms with Gasteiger partial charge in [0.1, 0.15) is 17.2 Å². The Morgan fingerprint density at radius 3 is 2.41 bits per heavy atom. The van der Waals surface area contributed by atoms with Gasteiger partial charge in [-0.1, -0.05) is 11.6 Å². The molecule has 174 valence electrons. The van der Waals surface area contributed by atoms with Crippen LogP contribution in [0.2, 0.25) is 5.02 Å². The van der Waals surface area contributed by atoms with Gasteiger partial charge in [-0.15, -0.1) is 0 Å². The Kier molecular flexibility index (Phi) is 7.92. The number of hydrogen-bond acceptors (Lipinski definition) is 6. The maximum Gasteiger partial charge on any atom is 0.269 e. The van der Waals surface area contributed by atoms with Gasteiger partial charge in [-0.05, 0) is 43.9 Å². The first kappa shape index (κ1) is 23.8. The minimum Gasteiger partial charge on any atom is -0.395 e. The molecule has 0 unspecified atom stereocenters. The number of aliphatic hydroxyl groups excluding tert-OH is 1. The Labute approximate surface area is 190 Å². The van der Waals surface area contributed by atoms with E-state index in [4.69, 9.17) is 11.6 Å². The van der Waals surface area contributed by atoms with Crippen LogP contribution in [0.25, 0.3) is 0 Å². The van der Waals surface area contributed by atoms with Gasteiger partial charge in [-0.3, -0.25) is 14.4 Å². The lowest BCUT2D eigenvalue weighted by molar-refractivity contribution is -0.124. The molecule has 3 amide bonds. The molecule has 5 N–H and O–H groups in total. The van der Waals surface area contributed by atoms with Gasteiger partial charge in [0.2, 0.25) is 5.91 Å². The third-order valence-electron chi connectivity index (χ3n) is 5.66. The van der Waals surface area contributed by atoms with Gasteiger partial charge < -0.3 is 31.3 Å². The Morgan fingerprint density at radius 1 is 1.16 bits per heavy atom. The minimum absolute atomic E-state index is 0.0515. The summed E-state index contributed by atoms with van der Waals surface area (Å²) in [6.45, 7) is 0.0873. The number of amides is 3. The summed E-state index contributed by atoms with van der Waals surface area (Å²) >= 11 is 6.12. The monoisotopic (exact) mass is 467 g/mol. The van der Waals surface area contributed by atoms with Crippen molar-refractivity contribution in [2.24, 2.45) is 5.92 Å². The summed E-state index contributed by atoms with van der Waals surface area (Å²) < 4.78 is 13.4. The summed E-state index contributed by atoms with van der Waals surface area (Å²) in [5, 5.41) is 20.6. The number of rotatable bonds is 7. The average Bonchev–Trinajstić information content (AvgIpc) is 3.28. The van der Waals surface area contributed by atoms with Crippen molar-refractivity contribution in [1.82, 2.24) is 21.3 Å². The molecule has 0 atom stereocenters. The van der Waals surface area contributed by atoms with E-state index in [1.807, 2.05) is 0 Å². The zero-order chi connectivity index (χ0) is 23.3. The zero-order valence-electron chi connectivity index (χ0n) is 17.7. The molecule has 0 saturated heterocycles. The molecule has 1 aromatic rings. The van der Waals surface area contributed by atoms with Gasteiger partial charge in [0, 0.05) is 25.6 Å². The summed E-state index contributed by atoms with van der Waals surface area (Å²) in [5.41, 5.74) is 0.753. The highest BCUT2D eigenvalue weighted by Crippen LogP contribution is 2.32. The fraction of sp³-hybridized carbons (Fsp3) is 0.476. The van der Waals surface area contributed by atoms with Crippen molar-refractivity contribution in [3.63, 3.8) is 0 Å². The zero-order valence-corrected chi connectivity index (χ0v) is 18.5. The largest absolute Gasteiger partial charge is 0.395 e. The highest BCUT2D eigenvalue weighted by Gasteiger charge is 2.33. The molecule has 1 aliphatic carbocycles. The first-order valence-electron chi connectivity index (χ1n) is 10.5. The molecule has 9 nitrogen and oxygen atoms in total. The van der Waals surface area contributed by atoms with Crippen molar-refractivity contribution in [2.45, 2.75) is 31.7 Å². The van der Waals surface area contributed by atoms with Crippen molar-refractivity contribution < 1.29 is 23.9 Å². The molecule has 1 aliphatic heterocycles. The molecule has 3 rings (SSSR count). The molecule has 11 heteroatoms. The molecule has 32 heavy (non-hydrogen) atoms. The van der Waals surface area contributed by atoms with E-state index in [1.54, 1.807) is 0 Å². The molecule has 1 fully saturated rings. The van der Waals surface area contributed by atoms with Crippen LogP contribution < -0.4 is 26.2 Å². The Hall–Kier alpha value is -2.85. The van der Waals surface area contributed by atoms with Gasteiger partial charge in [-0.2, -0.15) is 0 Å². The van der Waals surface area contributed by atoms with Crippen LogP contribution in [0.4, 0.5) is 10.1 Å². The number of halogens is 2. The van der Waals surface area contributed by atoms with E-state index >= 15 is 0 Å². The predicted molar refractivity (Wildman–Crippen MR) is 117 cm³/mol. The van der Waals surface area contributed by atoms with Gasteiger partial charge in [0.15, 0.2) is 0 Å². The molecule has 1 heterocycles. The number of carbonyl (C=O) groups excluding carboxylic acids is 3. The van der Waals surface area contributed by atoms with E-state index in [9.17, 15) is 23.9 Å². The van der Waals surface area contributed by atoms with Crippen LogP contribution in [0, 0.1) is 11.7 Å². The summed E-state index contributed by atoms with van der Waals surface area (Å²) in [6.07, 6.45) is 2.25. The number of aliphatic hydroxyl groups is 1. The van der Waals surface area contributed by atoms with Crippen molar-refractivity contribution in [3.05, 3.63) is 40.4 Å². The number of nitrogens with zero attached hydrogens (tertiary/aromatic N) is 1. The van der Waals surface area contributed by atoms with Crippen LogP contribution in [-0.4, -0.2) is 55.7 Å². The van der Waals surface area contributed by atoms with Crippen molar-refractivity contribution in [1.29, 1.82) is 0 Å². The smallest absolute Gasteiger partial charge is 0.269 e. The number of likely N-dealkylation sites (N-methyl/N-ethyl adjacent to an activating group) is 1. The highest BCUT2D eigenvalue weighted by molar-refractivity contribution is 6.33. The highest BCUT2D eigenvalue weighted by atomic mass is 35.5. The minimum atomic E-state index is -0.506.